The van der Waals surface area contributed by atoms with Crippen molar-refractivity contribution in [3.05, 3.63) is 41.1 Å². The van der Waals surface area contributed by atoms with Gasteiger partial charge in [-0.25, -0.2) is 0 Å². The maximum Gasteiger partial charge on any atom is 0.225 e. The van der Waals surface area contributed by atoms with E-state index in [-0.39, 0.29) is 11.5 Å². The highest BCUT2D eigenvalue weighted by Gasteiger charge is 2.43. The molecule has 0 aromatic heterocycles. The van der Waals surface area contributed by atoms with Crippen LogP contribution < -0.4 is 0 Å². The quantitative estimate of drug-likeness (QED) is 0.740. The number of halogens is 1. The first-order valence-electron chi connectivity index (χ1n) is 9.57. The van der Waals surface area contributed by atoms with Crippen molar-refractivity contribution in [2.24, 2.45) is 5.92 Å². The second-order valence-electron chi connectivity index (χ2n) is 7.83. The van der Waals surface area contributed by atoms with Crippen LogP contribution in [0, 0.1) is 5.92 Å². The first-order chi connectivity index (χ1) is 12.2. The molecule has 1 saturated carbocycles. The molecular formula is C21H26ClNO2. The van der Waals surface area contributed by atoms with Crippen molar-refractivity contribution in [3.63, 3.8) is 0 Å². The lowest BCUT2D eigenvalue weighted by atomic mass is 9.84. The third-order valence-electron chi connectivity index (χ3n) is 5.98. The van der Waals surface area contributed by atoms with E-state index in [1.165, 1.54) is 24.8 Å². The molecule has 1 amide bonds. The Morgan fingerprint density at radius 3 is 2.64 bits per heavy atom. The normalized spacial score (nSPS) is 27.2. The van der Waals surface area contributed by atoms with Crippen molar-refractivity contribution in [2.45, 2.75) is 57.0 Å². The lowest BCUT2D eigenvalue weighted by Crippen LogP contribution is -2.51. The van der Waals surface area contributed by atoms with Crippen LogP contribution in [0.15, 0.2) is 30.5 Å². The van der Waals surface area contributed by atoms with E-state index in [0.29, 0.717) is 5.91 Å². The summed E-state index contributed by atoms with van der Waals surface area (Å²) < 4.78 is 6.16. The van der Waals surface area contributed by atoms with Crippen LogP contribution in [-0.2, 0) is 9.53 Å². The van der Waals surface area contributed by atoms with E-state index in [4.69, 9.17) is 16.3 Å². The molecule has 1 aromatic rings. The highest BCUT2D eigenvalue weighted by Crippen LogP contribution is 2.41. The summed E-state index contributed by atoms with van der Waals surface area (Å²) in [7, 11) is 0. The van der Waals surface area contributed by atoms with Gasteiger partial charge in [-0.1, -0.05) is 43.0 Å². The minimum atomic E-state index is -0.225. The zero-order chi connectivity index (χ0) is 17.3. The molecule has 1 saturated heterocycles. The van der Waals surface area contributed by atoms with Crippen LogP contribution in [-0.4, -0.2) is 29.5 Å². The van der Waals surface area contributed by atoms with E-state index in [1.54, 1.807) is 0 Å². The van der Waals surface area contributed by atoms with Gasteiger partial charge in [0.2, 0.25) is 5.91 Å². The Morgan fingerprint density at radius 1 is 1.12 bits per heavy atom. The molecule has 2 heterocycles. The summed E-state index contributed by atoms with van der Waals surface area (Å²) in [6.07, 6.45) is 10.7. The van der Waals surface area contributed by atoms with Gasteiger partial charge in [0, 0.05) is 23.9 Å². The van der Waals surface area contributed by atoms with Gasteiger partial charge in [0.1, 0.15) is 5.60 Å². The fourth-order valence-electron chi connectivity index (χ4n) is 4.59. The predicted molar refractivity (Wildman–Crippen MR) is 100 cm³/mol. The van der Waals surface area contributed by atoms with Crippen molar-refractivity contribution < 1.29 is 9.53 Å². The summed E-state index contributed by atoms with van der Waals surface area (Å²) in [6.45, 7) is 1.62. The van der Waals surface area contributed by atoms with Crippen LogP contribution in [0.5, 0.6) is 0 Å². The molecule has 1 atom stereocenters. The van der Waals surface area contributed by atoms with Gasteiger partial charge in [0.25, 0.3) is 0 Å². The molecule has 3 nitrogen and oxygen atoms in total. The minimum Gasteiger partial charge on any atom is -0.492 e. The molecule has 2 aliphatic heterocycles. The maximum absolute atomic E-state index is 12.9. The molecule has 2 fully saturated rings. The lowest BCUT2D eigenvalue weighted by Gasteiger charge is -2.41. The summed E-state index contributed by atoms with van der Waals surface area (Å²) in [5, 5.41) is 0.750. The first-order valence-corrected chi connectivity index (χ1v) is 9.95. The van der Waals surface area contributed by atoms with Gasteiger partial charge in [-0.2, -0.15) is 0 Å². The average Bonchev–Trinajstić information content (AvgIpc) is 3.05. The number of amides is 1. The van der Waals surface area contributed by atoms with Crippen LogP contribution in [0.1, 0.15) is 56.9 Å². The Kier molecular flexibility index (Phi) is 4.77. The van der Waals surface area contributed by atoms with Crippen LogP contribution >= 0.6 is 11.6 Å². The number of piperidine rings is 1. The molecule has 0 N–H and O–H groups in total. The first kappa shape index (κ1) is 17.0. The molecule has 4 rings (SSSR count). The topological polar surface area (TPSA) is 29.5 Å². The Hall–Kier alpha value is -1.48. The van der Waals surface area contributed by atoms with Crippen molar-refractivity contribution in [1.29, 1.82) is 0 Å². The number of nitrogens with zero attached hydrogens (tertiary/aromatic N) is 1. The molecule has 1 unspecified atom stereocenters. The fraction of sp³-hybridized carbons (Fsp3) is 0.571. The zero-order valence-electron chi connectivity index (χ0n) is 14.7. The third-order valence-corrected chi connectivity index (χ3v) is 6.24. The van der Waals surface area contributed by atoms with Gasteiger partial charge in [0.15, 0.2) is 0 Å². The SMILES string of the molecule is O=C(C1CCCCC1)N1CCCC2(CC(c3ccc(Cl)cc3)=CO2)C1. The van der Waals surface area contributed by atoms with Crippen molar-refractivity contribution >= 4 is 23.1 Å². The molecule has 0 bridgehead atoms. The Labute approximate surface area is 155 Å². The Balaban J connectivity index is 1.43. The Bertz CT molecular complexity index is 663. The van der Waals surface area contributed by atoms with Crippen LogP contribution in [0.4, 0.5) is 0 Å². The highest BCUT2D eigenvalue weighted by atomic mass is 35.5. The summed E-state index contributed by atoms with van der Waals surface area (Å²) >= 11 is 5.99. The van der Waals surface area contributed by atoms with Gasteiger partial charge in [-0.15, -0.1) is 0 Å². The van der Waals surface area contributed by atoms with Gasteiger partial charge in [-0.05, 0) is 49.0 Å². The molecule has 1 spiro atoms. The zero-order valence-corrected chi connectivity index (χ0v) is 15.4. The number of hydrogen-bond donors (Lipinski definition) is 0. The number of carbonyl (C=O) groups excluding carboxylic acids is 1. The minimum absolute atomic E-state index is 0.225. The number of ether oxygens (including phenoxy) is 1. The summed E-state index contributed by atoms with van der Waals surface area (Å²) in [5.41, 5.74) is 2.15. The van der Waals surface area contributed by atoms with Gasteiger partial charge < -0.3 is 9.64 Å². The van der Waals surface area contributed by atoms with E-state index in [2.05, 4.69) is 4.90 Å². The summed E-state index contributed by atoms with van der Waals surface area (Å²) in [6, 6.07) is 7.93. The second-order valence-corrected chi connectivity index (χ2v) is 8.26. The smallest absolute Gasteiger partial charge is 0.225 e. The van der Waals surface area contributed by atoms with Crippen molar-refractivity contribution in [3.8, 4) is 0 Å². The van der Waals surface area contributed by atoms with E-state index in [1.807, 2.05) is 30.5 Å². The number of rotatable bonds is 2. The van der Waals surface area contributed by atoms with Crippen molar-refractivity contribution in [1.82, 2.24) is 4.90 Å². The lowest BCUT2D eigenvalue weighted by molar-refractivity contribution is -0.143. The molecule has 25 heavy (non-hydrogen) atoms. The standard InChI is InChI=1S/C21H26ClNO2/c22-19-9-7-16(8-10-19)18-13-21(25-14-18)11-4-12-23(15-21)20(24)17-5-2-1-3-6-17/h7-10,14,17H,1-6,11-13,15H2. The Morgan fingerprint density at radius 2 is 1.88 bits per heavy atom. The molecule has 0 radical (unpaired) electrons. The number of benzene rings is 1. The van der Waals surface area contributed by atoms with E-state index >= 15 is 0 Å². The molecule has 1 aliphatic carbocycles. The van der Waals surface area contributed by atoms with Crippen molar-refractivity contribution in [2.75, 3.05) is 13.1 Å². The molecule has 1 aromatic carbocycles. The van der Waals surface area contributed by atoms with Crippen LogP contribution in [0.25, 0.3) is 5.57 Å². The number of carbonyl (C=O) groups is 1. The van der Waals surface area contributed by atoms with E-state index in [9.17, 15) is 4.79 Å². The largest absolute Gasteiger partial charge is 0.492 e. The highest BCUT2D eigenvalue weighted by molar-refractivity contribution is 6.30. The fourth-order valence-corrected chi connectivity index (χ4v) is 4.72. The molecule has 4 heteroatoms. The maximum atomic E-state index is 12.9. The monoisotopic (exact) mass is 359 g/mol. The van der Waals surface area contributed by atoms with E-state index < -0.39 is 0 Å². The van der Waals surface area contributed by atoms with Crippen LogP contribution in [0.2, 0.25) is 5.02 Å². The number of likely N-dealkylation sites (tertiary alicyclic amines) is 1. The number of hydrogen-bond acceptors (Lipinski definition) is 2. The summed E-state index contributed by atoms with van der Waals surface area (Å²) in [5.74, 6) is 0.608. The second kappa shape index (κ2) is 7.03. The summed E-state index contributed by atoms with van der Waals surface area (Å²) in [4.78, 5) is 15.0. The third kappa shape index (κ3) is 3.57. The van der Waals surface area contributed by atoms with Gasteiger partial charge in [0.05, 0.1) is 12.8 Å². The molecule has 3 aliphatic rings. The molecule has 134 valence electrons. The van der Waals surface area contributed by atoms with Crippen LogP contribution in [0.3, 0.4) is 0 Å². The van der Waals surface area contributed by atoms with Gasteiger partial charge >= 0.3 is 0 Å². The average molecular weight is 360 g/mol. The van der Waals surface area contributed by atoms with Gasteiger partial charge in [-0.3, -0.25) is 4.79 Å². The van der Waals surface area contributed by atoms with E-state index in [0.717, 1.165) is 55.8 Å². The molecular weight excluding hydrogens is 334 g/mol. The predicted octanol–water partition coefficient (Wildman–Crippen LogP) is 5.04.